The molecule has 1 aromatic carbocycles. The molecule has 1 saturated heterocycles. The van der Waals surface area contributed by atoms with E-state index in [0.29, 0.717) is 30.6 Å². The quantitative estimate of drug-likeness (QED) is 0.773. The first kappa shape index (κ1) is 21.4. The van der Waals surface area contributed by atoms with Crippen LogP contribution in [0, 0.1) is 11.3 Å². The second-order valence-corrected chi connectivity index (χ2v) is 9.51. The fourth-order valence-corrected chi connectivity index (χ4v) is 4.96. The van der Waals surface area contributed by atoms with Crippen molar-refractivity contribution in [3.8, 4) is 5.75 Å². The molecular formula is C23H38N2O3. The Balaban J connectivity index is 1.38. The normalized spacial score (nSPS) is 26.8. The van der Waals surface area contributed by atoms with Crippen LogP contribution in [0.25, 0.3) is 0 Å². The van der Waals surface area contributed by atoms with Gasteiger partial charge < -0.3 is 19.5 Å². The lowest BCUT2D eigenvalue weighted by Gasteiger charge is -2.39. The highest BCUT2D eigenvalue weighted by Gasteiger charge is 2.32. The molecule has 5 heteroatoms. The fourth-order valence-electron chi connectivity index (χ4n) is 4.96. The van der Waals surface area contributed by atoms with Crippen molar-refractivity contribution in [3.05, 3.63) is 24.3 Å². The van der Waals surface area contributed by atoms with Crippen molar-refractivity contribution in [2.45, 2.75) is 52.2 Å². The highest BCUT2D eigenvalue weighted by molar-refractivity contribution is 5.49. The van der Waals surface area contributed by atoms with Crippen LogP contribution in [0.3, 0.4) is 0 Å². The van der Waals surface area contributed by atoms with Crippen LogP contribution in [0.4, 0.5) is 5.69 Å². The molecule has 1 saturated carbocycles. The first-order valence-electron chi connectivity index (χ1n) is 10.8. The lowest BCUT2D eigenvalue weighted by atomic mass is 9.71. The van der Waals surface area contributed by atoms with E-state index in [-0.39, 0.29) is 0 Å². The van der Waals surface area contributed by atoms with Crippen LogP contribution in [-0.2, 0) is 4.74 Å². The number of anilines is 1. The van der Waals surface area contributed by atoms with E-state index in [9.17, 15) is 5.11 Å². The van der Waals surface area contributed by atoms with Crippen molar-refractivity contribution in [1.29, 1.82) is 0 Å². The molecule has 3 atom stereocenters. The fraction of sp³-hybridized carbons (Fsp3) is 0.739. The molecule has 2 fully saturated rings. The van der Waals surface area contributed by atoms with Crippen molar-refractivity contribution < 1.29 is 14.6 Å². The number of methoxy groups -OCH3 is 1. The average molecular weight is 391 g/mol. The van der Waals surface area contributed by atoms with Gasteiger partial charge in [-0.1, -0.05) is 20.8 Å². The first-order valence-corrected chi connectivity index (χ1v) is 10.8. The van der Waals surface area contributed by atoms with Gasteiger partial charge in [-0.05, 0) is 54.9 Å². The molecule has 3 rings (SSSR count). The number of ether oxygens (including phenoxy) is 2. The Labute approximate surface area is 170 Å². The molecular weight excluding hydrogens is 352 g/mol. The molecule has 1 aliphatic carbocycles. The molecule has 1 N–H and O–H groups in total. The summed E-state index contributed by atoms with van der Waals surface area (Å²) in [6.07, 6.45) is 3.38. The van der Waals surface area contributed by atoms with E-state index in [2.05, 4.69) is 42.7 Å². The number of piperazine rings is 1. The van der Waals surface area contributed by atoms with Crippen LogP contribution < -0.4 is 9.64 Å². The minimum Gasteiger partial charge on any atom is -0.497 e. The SMILES string of the molecule is COc1ccc(N2CCN(C[C@@H](O)CO[C@@H]3C[C@H](C)CC(C)(C)C3)CC2)cc1. The minimum absolute atomic E-state index is 0.292. The second kappa shape index (κ2) is 9.47. The summed E-state index contributed by atoms with van der Waals surface area (Å²) >= 11 is 0. The Morgan fingerprint density at radius 3 is 2.39 bits per heavy atom. The van der Waals surface area contributed by atoms with Crippen molar-refractivity contribution in [2.75, 3.05) is 51.3 Å². The van der Waals surface area contributed by atoms with Crippen LogP contribution in [0.2, 0.25) is 0 Å². The van der Waals surface area contributed by atoms with Gasteiger partial charge in [0.15, 0.2) is 0 Å². The summed E-state index contributed by atoms with van der Waals surface area (Å²) < 4.78 is 11.3. The Hall–Kier alpha value is -1.30. The van der Waals surface area contributed by atoms with Gasteiger partial charge in [0.05, 0.1) is 25.9 Å². The summed E-state index contributed by atoms with van der Waals surface area (Å²) in [7, 11) is 1.69. The number of β-amino-alcohol motifs (C(OH)–C–C–N with tert-alkyl or cyclic N) is 1. The maximum Gasteiger partial charge on any atom is 0.119 e. The summed E-state index contributed by atoms with van der Waals surface area (Å²) in [6.45, 7) is 12.0. The van der Waals surface area contributed by atoms with E-state index in [1.165, 1.54) is 12.1 Å². The van der Waals surface area contributed by atoms with Crippen molar-refractivity contribution in [2.24, 2.45) is 11.3 Å². The van der Waals surface area contributed by atoms with Crippen LogP contribution in [-0.4, -0.2) is 68.7 Å². The van der Waals surface area contributed by atoms with Crippen LogP contribution in [0.1, 0.15) is 40.0 Å². The smallest absolute Gasteiger partial charge is 0.119 e. The van der Waals surface area contributed by atoms with Gasteiger partial charge in [0.2, 0.25) is 0 Å². The van der Waals surface area contributed by atoms with Crippen LogP contribution >= 0.6 is 0 Å². The monoisotopic (exact) mass is 390 g/mol. The molecule has 0 bridgehead atoms. The highest BCUT2D eigenvalue weighted by atomic mass is 16.5. The number of benzene rings is 1. The highest BCUT2D eigenvalue weighted by Crippen LogP contribution is 2.39. The number of hydrogen-bond donors (Lipinski definition) is 1. The van der Waals surface area contributed by atoms with Gasteiger partial charge in [-0.2, -0.15) is 0 Å². The molecule has 0 unspecified atom stereocenters. The van der Waals surface area contributed by atoms with E-state index in [0.717, 1.165) is 44.8 Å². The largest absolute Gasteiger partial charge is 0.497 e. The summed E-state index contributed by atoms with van der Waals surface area (Å²) in [5.74, 6) is 1.60. The predicted octanol–water partition coefficient (Wildman–Crippen LogP) is 3.41. The van der Waals surface area contributed by atoms with Gasteiger partial charge in [-0.25, -0.2) is 0 Å². The standard InChI is InChI=1S/C23H38N2O3/c1-18-13-22(15-23(2,3)14-18)28-17-20(26)16-24-9-11-25(12-10-24)19-5-7-21(27-4)8-6-19/h5-8,18,20,22,26H,9-17H2,1-4H3/t18-,20+,22+/m0/s1. The molecule has 5 nitrogen and oxygen atoms in total. The van der Waals surface area contributed by atoms with Crippen molar-refractivity contribution in [1.82, 2.24) is 4.90 Å². The summed E-state index contributed by atoms with van der Waals surface area (Å²) in [5, 5.41) is 10.5. The average Bonchev–Trinajstić information content (AvgIpc) is 2.66. The molecule has 1 heterocycles. The van der Waals surface area contributed by atoms with Crippen LogP contribution in [0.15, 0.2) is 24.3 Å². The molecule has 0 radical (unpaired) electrons. The number of aliphatic hydroxyl groups excluding tert-OH is 1. The number of aliphatic hydroxyl groups is 1. The zero-order valence-corrected chi connectivity index (χ0v) is 18.1. The topological polar surface area (TPSA) is 45.2 Å². The number of nitrogens with zero attached hydrogens (tertiary/aromatic N) is 2. The molecule has 1 aromatic rings. The van der Waals surface area contributed by atoms with Gasteiger partial charge in [0.1, 0.15) is 5.75 Å². The minimum atomic E-state index is -0.409. The van der Waals surface area contributed by atoms with E-state index < -0.39 is 6.10 Å². The molecule has 0 aromatic heterocycles. The van der Waals surface area contributed by atoms with Gasteiger partial charge in [0, 0.05) is 38.4 Å². The summed E-state index contributed by atoms with van der Waals surface area (Å²) in [6, 6.07) is 8.25. The molecule has 2 aliphatic rings. The third-order valence-electron chi connectivity index (χ3n) is 6.15. The number of rotatable bonds is 7. The molecule has 0 amide bonds. The predicted molar refractivity (Wildman–Crippen MR) is 114 cm³/mol. The third kappa shape index (κ3) is 6.10. The molecule has 0 spiro atoms. The number of hydrogen-bond acceptors (Lipinski definition) is 5. The van der Waals surface area contributed by atoms with Crippen molar-refractivity contribution in [3.63, 3.8) is 0 Å². The van der Waals surface area contributed by atoms with E-state index in [1.54, 1.807) is 7.11 Å². The summed E-state index contributed by atoms with van der Waals surface area (Å²) in [5.41, 5.74) is 1.59. The van der Waals surface area contributed by atoms with Gasteiger partial charge in [-0.3, -0.25) is 4.90 Å². The Morgan fingerprint density at radius 2 is 1.79 bits per heavy atom. The molecule has 158 valence electrons. The van der Waals surface area contributed by atoms with Crippen molar-refractivity contribution >= 4 is 5.69 Å². The second-order valence-electron chi connectivity index (χ2n) is 9.51. The van der Waals surface area contributed by atoms with Gasteiger partial charge >= 0.3 is 0 Å². The lowest BCUT2D eigenvalue weighted by Crippen LogP contribution is -2.49. The van der Waals surface area contributed by atoms with E-state index in [4.69, 9.17) is 9.47 Å². The lowest BCUT2D eigenvalue weighted by molar-refractivity contribution is -0.0615. The zero-order valence-electron chi connectivity index (χ0n) is 18.1. The Morgan fingerprint density at radius 1 is 1.11 bits per heavy atom. The van der Waals surface area contributed by atoms with Gasteiger partial charge in [0.25, 0.3) is 0 Å². The first-order chi connectivity index (χ1) is 13.3. The zero-order chi connectivity index (χ0) is 20.1. The van der Waals surface area contributed by atoms with E-state index in [1.807, 2.05) is 12.1 Å². The third-order valence-corrected chi connectivity index (χ3v) is 6.15. The van der Waals surface area contributed by atoms with Crippen LogP contribution in [0.5, 0.6) is 5.75 Å². The Kier molecular flexibility index (Phi) is 7.24. The summed E-state index contributed by atoms with van der Waals surface area (Å²) in [4.78, 5) is 4.74. The van der Waals surface area contributed by atoms with Gasteiger partial charge in [-0.15, -0.1) is 0 Å². The maximum absolute atomic E-state index is 10.5. The maximum atomic E-state index is 10.5. The van der Waals surface area contributed by atoms with E-state index >= 15 is 0 Å². The molecule has 1 aliphatic heterocycles. The Bertz CT molecular complexity index is 596. The molecule has 28 heavy (non-hydrogen) atoms.